The number of Topliss-reactive ketones (excluding diaryl/α,β-unsaturated/α-hetero) is 1. The molecule has 0 radical (unpaired) electrons. The normalized spacial score (nSPS) is 11.0. The van der Waals surface area contributed by atoms with E-state index in [9.17, 15) is 9.59 Å². The zero-order valence-corrected chi connectivity index (χ0v) is 22.5. The summed E-state index contributed by atoms with van der Waals surface area (Å²) in [5.74, 6) is 0.356. The second-order valence-electron chi connectivity index (χ2n) is 7.43. The first-order valence-electron chi connectivity index (χ1n) is 10.6. The highest BCUT2D eigenvalue weighted by molar-refractivity contribution is 9.10. The Labute approximate surface area is 227 Å². The number of nitrogens with one attached hydrogen (secondary N) is 1. The second-order valence-corrected chi connectivity index (χ2v) is 11.5. The van der Waals surface area contributed by atoms with Crippen LogP contribution in [0, 0.1) is 0 Å². The van der Waals surface area contributed by atoms with Crippen LogP contribution in [0.4, 0.5) is 5.69 Å². The fraction of sp³-hybridized carbons (Fsp3) is 0.0833. The number of benzene rings is 3. The zero-order valence-electron chi connectivity index (χ0n) is 18.5. The summed E-state index contributed by atoms with van der Waals surface area (Å²) >= 11 is 7.55. The maximum Gasteiger partial charge on any atom is 0.234 e. The van der Waals surface area contributed by atoms with Gasteiger partial charge >= 0.3 is 0 Å². The van der Waals surface area contributed by atoms with E-state index in [4.69, 9.17) is 0 Å². The van der Waals surface area contributed by atoms with Crippen LogP contribution in [0.1, 0.15) is 10.4 Å². The molecule has 5 aromatic rings. The van der Waals surface area contributed by atoms with E-state index in [1.807, 2.05) is 60.7 Å². The predicted octanol–water partition coefficient (Wildman–Crippen LogP) is 5.74. The summed E-state index contributed by atoms with van der Waals surface area (Å²) in [5, 5.41) is 15.2. The number of carbonyl (C=O) groups is 2. The molecule has 0 unspecified atom stereocenters. The van der Waals surface area contributed by atoms with E-state index >= 15 is 0 Å². The third kappa shape index (κ3) is 6.01. The van der Waals surface area contributed by atoms with E-state index in [1.54, 1.807) is 16.8 Å². The van der Waals surface area contributed by atoms with Crippen molar-refractivity contribution < 1.29 is 9.59 Å². The highest BCUT2D eigenvalue weighted by Crippen LogP contribution is 2.32. The van der Waals surface area contributed by atoms with Crippen molar-refractivity contribution in [3.63, 3.8) is 0 Å². The molecule has 2 aromatic heterocycles. The van der Waals surface area contributed by atoms with Gasteiger partial charge in [0, 0.05) is 15.7 Å². The van der Waals surface area contributed by atoms with E-state index < -0.39 is 0 Å². The average Bonchev–Trinajstić information content (AvgIpc) is 3.53. The van der Waals surface area contributed by atoms with Crippen LogP contribution in [0.3, 0.4) is 0 Å². The Morgan fingerprint density at radius 3 is 2.58 bits per heavy atom. The van der Waals surface area contributed by atoms with Gasteiger partial charge in [-0.25, -0.2) is 4.98 Å². The summed E-state index contributed by atoms with van der Waals surface area (Å²) in [6.45, 7) is 0. The molecule has 1 amide bonds. The highest BCUT2D eigenvalue weighted by Gasteiger charge is 2.13. The number of fused-ring (bicyclic) bond motifs is 1. The van der Waals surface area contributed by atoms with Crippen LogP contribution in [0.15, 0.2) is 86.8 Å². The largest absolute Gasteiger partial charge is 0.325 e. The van der Waals surface area contributed by atoms with Crippen molar-refractivity contribution in [2.24, 2.45) is 0 Å². The van der Waals surface area contributed by atoms with Crippen LogP contribution in [-0.4, -0.2) is 48.4 Å². The molecule has 0 aliphatic carbocycles. The van der Waals surface area contributed by atoms with Gasteiger partial charge in [0.2, 0.25) is 11.1 Å². The second kappa shape index (κ2) is 11.3. The van der Waals surface area contributed by atoms with Crippen molar-refractivity contribution in [2.45, 2.75) is 9.50 Å². The van der Waals surface area contributed by atoms with E-state index in [-0.39, 0.29) is 17.4 Å². The van der Waals surface area contributed by atoms with E-state index in [2.05, 4.69) is 41.8 Å². The third-order valence-electron chi connectivity index (χ3n) is 4.92. The Kier molecular flexibility index (Phi) is 7.75. The average molecular weight is 598 g/mol. The predicted molar refractivity (Wildman–Crippen MR) is 147 cm³/mol. The summed E-state index contributed by atoms with van der Waals surface area (Å²) in [4.78, 5) is 29.6. The molecule has 5 rings (SSSR count). The van der Waals surface area contributed by atoms with Crippen molar-refractivity contribution >= 4 is 78.4 Å². The number of nitrogens with zero attached hydrogens (tertiary/aromatic N) is 5. The Morgan fingerprint density at radius 1 is 0.972 bits per heavy atom. The van der Waals surface area contributed by atoms with Gasteiger partial charge in [-0.2, -0.15) is 4.68 Å². The maximum absolute atomic E-state index is 12.6. The fourth-order valence-electron chi connectivity index (χ4n) is 3.22. The standard InChI is InChI=1S/C24H17BrN6O2S3/c25-16-8-6-15(7-9-16)20(32)13-35-24-27-19-11-10-17(12-21(19)36-24)26-22(33)14-34-23-28-29-30-31(23)18-4-2-1-3-5-18/h1-12H,13-14H2,(H,26,33). The summed E-state index contributed by atoms with van der Waals surface area (Å²) < 4.78 is 4.28. The maximum atomic E-state index is 12.6. The SMILES string of the molecule is O=C(CSc1nnnn1-c1ccccc1)Nc1ccc2nc(SCC(=O)c3ccc(Br)cc3)sc2c1. The number of halogens is 1. The topological polar surface area (TPSA) is 103 Å². The molecular weight excluding hydrogens is 580 g/mol. The van der Waals surface area contributed by atoms with Gasteiger partial charge in [-0.15, -0.1) is 16.4 Å². The number of thioether (sulfide) groups is 2. The van der Waals surface area contributed by atoms with Crippen LogP contribution >= 0.6 is 50.8 Å². The zero-order chi connectivity index (χ0) is 24.9. The van der Waals surface area contributed by atoms with Crippen LogP contribution in [-0.2, 0) is 4.79 Å². The molecule has 1 N–H and O–H groups in total. The number of tetrazole rings is 1. The van der Waals surface area contributed by atoms with Crippen molar-refractivity contribution in [3.8, 4) is 5.69 Å². The van der Waals surface area contributed by atoms with Gasteiger partial charge in [0.05, 0.1) is 27.4 Å². The minimum absolute atomic E-state index is 0.0514. The first-order chi connectivity index (χ1) is 17.5. The van der Waals surface area contributed by atoms with Gasteiger partial charge in [-0.3, -0.25) is 9.59 Å². The number of anilines is 1. The number of hydrogen-bond acceptors (Lipinski definition) is 9. The van der Waals surface area contributed by atoms with Gasteiger partial charge in [0.15, 0.2) is 10.1 Å². The number of amides is 1. The molecule has 36 heavy (non-hydrogen) atoms. The monoisotopic (exact) mass is 596 g/mol. The fourth-order valence-corrected chi connectivity index (χ4v) is 6.17. The van der Waals surface area contributed by atoms with E-state index in [1.165, 1.54) is 34.9 Å². The first-order valence-corrected chi connectivity index (χ1v) is 14.2. The molecule has 3 aromatic carbocycles. The minimum Gasteiger partial charge on any atom is -0.325 e. The molecule has 2 heterocycles. The molecule has 8 nitrogen and oxygen atoms in total. The van der Waals surface area contributed by atoms with Crippen LogP contribution < -0.4 is 5.32 Å². The van der Waals surface area contributed by atoms with Crippen molar-refractivity contribution in [2.75, 3.05) is 16.8 Å². The molecule has 0 aliphatic heterocycles. The molecule has 0 aliphatic rings. The van der Waals surface area contributed by atoms with Gasteiger partial charge in [0.1, 0.15) is 0 Å². The number of aromatic nitrogens is 5. The van der Waals surface area contributed by atoms with Crippen molar-refractivity contribution in [3.05, 3.63) is 82.8 Å². The smallest absolute Gasteiger partial charge is 0.234 e. The Bertz CT molecular complexity index is 1520. The third-order valence-corrected chi connectivity index (χ3v) is 8.53. The van der Waals surface area contributed by atoms with Crippen molar-refractivity contribution in [1.29, 1.82) is 0 Å². The lowest BCUT2D eigenvalue weighted by molar-refractivity contribution is -0.113. The van der Waals surface area contributed by atoms with E-state index in [0.29, 0.717) is 22.2 Å². The summed E-state index contributed by atoms with van der Waals surface area (Å²) in [6, 6.07) is 22.4. The number of thiazole rings is 1. The van der Waals surface area contributed by atoms with Crippen LogP contribution in [0.25, 0.3) is 15.9 Å². The molecule has 12 heteroatoms. The number of rotatable bonds is 9. The molecule has 0 spiro atoms. The molecule has 0 saturated heterocycles. The quantitative estimate of drug-likeness (QED) is 0.170. The van der Waals surface area contributed by atoms with Gasteiger partial charge in [-0.05, 0) is 52.9 Å². The number of carbonyl (C=O) groups excluding carboxylic acids is 2. The lowest BCUT2D eigenvalue weighted by Crippen LogP contribution is -2.14. The summed E-state index contributed by atoms with van der Waals surface area (Å²) in [7, 11) is 0. The molecule has 0 saturated carbocycles. The number of ketones is 1. The summed E-state index contributed by atoms with van der Waals surface area (Å²) in [5.41, 5.74) is 3.01. The first kappa shape index (κ1) is 24.6. The molecule has 0 atom stereocenters. The Balaban J connectivity index is 1.18. The summed E-state index contributed by atoms with van der Waals surface area (Å²) in [6.07, 6.45) is 0. The highest BCUT2D eigenvalue weighted by atomic mass is 79.9. The van der Waals surface area contributed by atoms with Crippen LogP contribution in [0.5, 0.6) is 0 Å². The minimum atomic E-state index is -0.166. The Hall–Kier alpha value is -3.06. The number of para-hydroxylation sites is 1. The number of hydrogen-bond donors (Lipinski definition) is 1. The molecular formula is C24H17BrN6O2S3. The lowest BCUT2D eigenvalue weighted by atomic mass is 10.2. The van der Waals surface area contributed by atoms with Crippen molar-refractivity contribution in [1.82, 2.24) is 25.2 Å². The Morgan fingerprint density at radius 2 is 1.78 bits per heavy atom. The molecule has 180 valence electrons. The van der Waals surface area contributed by atoms with E-state index in [0.717, 1.165) is 24.7 Å². The molecule has 0 fully saturated rings. The van der Waals surface area contributed by atoms with Crippen LogP contribution in [0.2, 0.25) is 0 Å². The van der Waals surface area contributed by atoms with Gasteiger partial charge in [-0.1, -0.05) is 69.8 Å². The molecule has 0 bridgehead atoms. The van der Waals surface area contributed by atoms with Gasteiger partial charge in [0.25, 0.3) is 0 Å². The lowest BCUT2D eigenvalue weighted by Gasteiger charge is -2.06. The van der Waals surface area contributed by atoms with Gasteiger partial charge < -0.3 is 5.32 Å².